The normalized spacial score (nSPS) is 15.9. The third-order valence-corrected chi connectivity index (χ3v) is 6.26. The van der Waals surface area contributed by atoms with Gasteiger partial charge in [-0.25, -0.2) is 0 Å². The molecule has 0 bridgehead atoms. The molecule has 7 nitrogen and oxygen atoms in total. The van der Waals surface area contributed by atoms with Crippen LogP contribution in [0.25, 0.3) is 0 Å². The van der Waals surface area contributed by atoms with Crippen LogP contribution < -0.4 is 11.1 Å². The van der Waals surface area contributed by atoms with Crippen LogP contribution in [0, 0.1) is 23.0 Å². The minimum Gasteiger partial charge on any atom is -0.365 e. The third-order valence-electron chi connectivity index (χ3n) is 5.09. The summed E-state index contributed by atoms with van der Waals surface area (Å²) in [6.07, 6.45) is 3.72. The number of amides is 2. The number of nitrogens with two attached hydrogens (primary N) is 1. The van der Waals surface area contributed by atoms with Gasteiger partial charge in [0.05, 0.1) is 10.5 Å². The first-order chi connectivity index (χ1) is 12.8. The van der Waals surface area contributed by atoms with Crippen LogP contribution in [0.5, 0.6) is 0 Å². The Hall–Kier alpha value is -2.74. The minimum absolute atomic E-state index is 0.117. The molecule has 2 amide bonds. The second-order valence-corrected chi connectivity index (χ2v) is 7.91. The summed E-state index contributed by atoms with van der Waals surface area (Å²) in [6.45, 7) is 3.76. The molecule has 3 rings (SSSR count). The van der Waals surface area contributed by atoms with Crippen molar-refractivity contribution < 1.29 is 14.5 Å². The highest BCUT2D eigenvalue weighted by Crippen LogP contribution is 2.40. The Balaban J connectivity index is 1.93. The Morgan fingerprint density at radius 2 is 2.15 bits per heavy atom. The summed E-state index contributed by atoms with van der Waals surface area (Å²) in [6, 6.07) is 4.31. The molecule has 0 saturated heterocycles. The van der Waals surface area contributed by atoms with Crippen LogP contribution in [-0.2, 0) is 12.8 Å². The van der Waals surface area contributed by atoms with Crippen molar-refractivity contribution in [3.8, 4) is 0 Å². The Morgan fingerprint density at radius 3 is 2.78 bits per heavy atom. The average molecular weight is 387 g/mol. The first kappa shape index (κ1) is 19.0. The summed E-state index contributed by atoms with van der Waals surface area (Å²) >= 11 is 1.38. The molecule has 2 aromatic rings. The van der Waals surface area contributed by atoms with E-state index < -0.39 is 16.7 Å². The molecule has 1 aromatic heterocycles. The first-order valence-corrected chi connectivity index (χ1v) is 9.64. The second kappa shape index (κ2) is 7.48. The molecule has 0 aliphatic heterocycles. The largest absolute Gasteiger partial charge is 0.365 e. The number of nitrogens with one attached hydrogen (secondary N) is 1. The van der Waals surface area contributed by atoms with Gasteiger partial charge in [0.25, 0.3) is 17.5 Å². The molecule has 0 unspecified atom stereocenters. The van der Waals surface area contributed by atoms with Gasteiger partial charge in [-0.2, -0.15) is 0 Å². The predicted octanol–water partition coefficient (Wildman–Crippen LogP) is 3.83. The number of carbonyl (C=O) groups is 2. The zero-order valence-electron chi connectivity index (χ0n) is 15.2. The van der Waals surface area contributed by atoms with Crippen molar-refractivity contribution in [2.45, 2.75) is 39.5 Å². The molecule has 1 atom stereocenters. The smallest absolute Gasteiger partial charge is 0.273 e. The van der Waals surface area contributed by atoms with Crippen LogP contribution in [-0.4, -0.2) is 16.7 Å². The highest BCUT2D eigenvalue weighted by atomic mass is 32.1. The van der Waals surface area contributed by atoms with Gasteiger partial charge in [-0.3, -0.25) is 19.7 Å². The summed E-state index contributed by atoms with van der Waals surface area (Å²) < 4.78 is 0. The summed E-state index contributed by atoms with van der Waals surface area (Å²) in [4.78, 5) is 36.3. The number of primary amides is 1. The van der Waals surface area contributed by atoms with E-state index in [0.29, 0.717) is 22.0 Å². The fourth-order valence-corrected chi connectivity index (χ4v) is 4.84. The van der Waals surface area contributed by atoms with Crippen molar-refractivity contribution in [2.24, 2.45) is 11.7 Å². The van der Waals surface area contributed by atoms with Gasteiger partial charge in [0.15, 0.2) is 0 Å². The minimum atomic E-state index is -0.562. The highest BCUT2D eigenvalue weighted by molar-refractivity contribution is 7.17. The maximum atomic E-state index is 12.6. The molecular weight excluding hydrogens is 366 g/mol. The van der Waals surface area contributed by atoms with E-state index in [-0.39, 0.29) is 11.3 Å². The number of carbonyl (C=O) groups excluding carboxylic acids is 2. The molecular formula is C19H21N3O4S. The summed E-state index contributed by atoms with van der Waals surface area (Å²) in [5.74, 6) is -0.487. The van der Waals surface area contributed by atoms with E-state index >= 15 is 0 Å². The van der Waals surface area contributed by atoms with E-state index in [0.717, 1.165) is 36.1 Å². The molecule has 0 saturated carbocycles. The van der Waals surface area contributed by atoms with Crippen LogP contribution in [0.15, 0.2) is 18.2 Å². The molecule has 27 heavy (non-hydrogen) atoms. The lowest BCUT2D eigenvalue weighted by Gasteiger charge is -2.20. The maximum Gasteiger partial charge on any atom is 0.273 e. The van der Waals surface area contributed by atoms with Crippen LogP contribution in [0.4, 0.5) is 10.7 Å². The Morgan fingerprint density at radius 1 is 1.41 bits per heavy atom. The van der Waals surface area contributed by atoms with Crippen molar-refractivity contribution in [3.05, 3.63) is 55.4 Å². The van der Waals surface area contributed by atoms with E-state index in [2.05, 4.69) is 12.2 Å². The number of anilines is 1. The number of benzene rings is 1. The van der Waals surface area contributed by atoms with Crippen LogP contribution >= 0.6 is 11.3 Å². The Labute approximate surface area is 160 Å². The van der Waals surface area contributed by atoms with Gasteiger partial charge in [0.1, 0.15) is 5.00 Å². The molecule has 0 radical (unpaired) electrons. The summed E-state index contributed by atoms with van der Waals surface area (Å²) in [5.41, 5.74) is 7.41. The lowest BCUT2D eigenvalue weighted by atomic mass is 9.85. The van der Waals surface area contributed by atoms with Crippen molar-refractivity contribution >= 4 is 33.8 Å². The highest BCUT2D eigenvalue weighted by Gasteiger charge is 2.28. The topological polar surface area (TPSA) is 115 Å². The maximum absolute atomic E-state index is 12.6. The molecule has 1 aromatic carbocycles. The van der Waals surface area contributed by atoms with E-state index in [9.17, 15) is 19.7 Å². The van der Waals surface area contributed by atoms with Gasteiger partial charge in [-0.15, -0.1) is 11.3 Å². The number of nitrogens with zero attached hydrogens (tertiary/aromatic N) is 1. The number of nitro groups is 1. The number of fused-ring (bicyclic) bond motifs is 1. The standard InChI is InChI=1S/C19H21N3O4S/c1-3-11-5-7-13-15(8-11)27-19(16(13)17(20)23)21-18(24)12-6-4-10(2)14(9-12)22(25)26/h4,6,9,11H,3,5,7-8H2,1-2H3,(H2,20,23)(H,21,24)/t11-/m0/s1. The van der Waals surface area contributed by atoms with Crippen molar-refractivity contribution in [2.75, 3.05) is 5.32 Å². The lowest BCUT2D eigenvalue weighted by molar-refractivity contribution is -0.385. The van der Waals surface area contributed by atoms with Crippen LogP contribution in [0.1, 0.15) is 56.5 Å². The summed E-state index contributed by atoms with van der Waals surface area (Å²) in [7, 11) is 0. The molecule has 0 spiro atoms. The van der Waals surface area contributed by atoms with Gasteiger partial charge in [0, 0.05) is 22.1 Å². The molecule has 1 aliphatic carbocycles. The van der Waals surface area contributed by atoms with Crippen molar-refractivity contribution in [1.82, 2.24) is 0 Å². The van der Waals surface area contributed by atoms with Crippen molar-refractivity contribution in [1.29, 1.82) is 0 Å². The molecule has 142 valence electrons. The molecule has 1 heterocycles. The van der Waals surface area contributed by atoms with E-state index in [4.69, 9.17) is 5.73 Å². The average Bonchev–Trinajstić information content (AvgIpc) is 2.98. The van der Waals surface area contributed by atoms with Gasteiger partial charge < -0.3 is 11.1 Å². The number of thiophene rings is 1. The van der Waals surface area contributed by atoms with Gasteiger partial charge in [-0.1, -0.05) is 19.4 Å². The van der Waals surface area contributed by atoms with Crippen LogP contribution in [0.3, 0.4) is 0 Å². The number of rotatable bonds is 5. The molecule has 0 fully saturated rings. The third kappa shape index (κ3) is 3.71. The van der Waals surface area contributed by atoms with Gasteiger partial charge in [-0.05, 0) is 43.7 Å². The number of hydrogen-bond acceptors (Lipinski definition) is 5. The SMILES string of the molecule is CC[C@H]1CCc2c(sc(NC(=O)c3ccc(C)c([N+](=O)[O-])c3)c2C(N)=O)C1. The fraction of sp³-hybridized carbons (Fsp3) is 0.368. The van der Waals surface area contributed by atoms with E-state index in [1.165, 1.54) is 29.5 Å². The molecule has 1 aliphatic rings. The molecule has 3 N–H and O–H groups in total. The van der Waals surface area contributed by atoms with Gasteiger partial charge in [0.2, 0.25) is 0 Å². The predicted molar refractivity (Wildman–Crippen MR) is 104 cm³/mol. The number of aryl methyl sites for hydroxylation is 1. The molecule has 8 heteroatoms. The zero-order chi connectivity index (χ0) is 19.7. The van der Waals surface area contributed by atoms with E-state index in [1.807, 2.05) is 0 Å². The lowest BCUT2D eigenvalue weighted by Crippen LogP contribution is -2.19. The quantitative estimate of drug-likeness (QED) is 0.599. The van der Waals surface area contributed by atoms with Crippen LogP contribution in [0.2, 0.25) is 0 Å². The van der Waals surface area contributed by atoms with Gasteiger partial charge >= 0.3 is 0 Å². The number of hydrogen-bond donors (Lipinski definition) is 2. The monoisotopic (exact) mass is 387 g/mol. The van der Waals surface area contributed by atoms with Crippen molar-refractivity contribution in [3.63, 3.8) is 0 Å². The zero-order valence-corrected chi connectivity index (χ0v) is 16.0. The second-order valence-electron chi connectivity index (χ2n) is 6.80. The fourth-order valence-electron chi connectivity index (χ4n) is 3.47. The Kier molecular flexibility index (Phi) is 5.27. The summed E-state index contributed by atoms with van der Waals surface area (Å²) in [5, 5.41) is 14.3. The number of nitro benzene ring substituents is 1. The Bertz CT molecular complexity index is 935. The first-order valence-electron chi connectivity index (χ1n) is 8.82. The van der Waals surface area contributed by atoms with E-state index in [1.54, 1.807) is 6.92 Å².